The van der Waals surface area contributed by atoms with E-state index in [1.54, 1.807) is 0 Å². The van der Waals surface area contributed by atoms with Crippen molar-refractivity contribution in [3.05, 3.63) is 71.3 Å². The number of hydrogen-bond acceptors (Lipinski definition) is 2. The Morgan fingerprint density at radius 2 is 1.88 bits per heavy atom. The molecule has 2 N–H and O–H groups in total. The fraction of sp³-hybridized carbons (Fsp3) is 0.316. The quantitative estimate of drug-likeness (QED) is 0.885. The Balaban J connectivity index is 1.72. The zero-order valence-corrected chi connectivity index (χ0v) is 13.4. The van der Waals surface area contributed by atoms with Crippen LogP contribution in [-0.2, 0) is 15.8 Å². The third-order valence-corrected chi connectivity index (χ3v) is 4.62. The average Bonchev–Trinajstić information content (AvgIpc) is 3.35. The van der Waals surface area contributed by atoms with E-state index in [-0.39, 0.29) is 18.0 Å². The van der Waals surface area contributed by atoms with Gasteiger partial charge in [0.25, 0.3) is 0 Å². The summed E-state index contributed by atoms with van der Waals surface area (Å²) in [5.41, 5.74) is -1.29. The summed E-state index contributed by atoms with van der Waals surface area (Å²) < 4.78 is 26.9. The number of benzene rings is 2. The molecule has 1 fully saturated rings. The van der Waals surface area contributed by atoms with Crippen LogP contribution in [0.1, 0.15) is 30.9 Å². The molecule has 2 aromatic carbocycles. The summed E-state index contributed by atoms with van der Waals surface area (Å²) in [7, 11) is 0. The second-order valence-corrected chi connectivity index (χ2v) is 6.53. The van der Waals surface area contributed by atoms with Crippen LogP contribution >= 0.6 is 0 Å². The monoisotopic (exact) mass is 331 g/mol. The molecule has 2 aromatic rings. The van der Waals surface area contributed by atoms with Gasteiger partial charge in [-0.2, -0.15) is 0 Å². The van der Waals surface area contributed by atoms with Gasteiger partial charge < -0.3 is 10.4 Å². The Bertz CT molecular complexity index is 755. The molecule has 0 heterocycles. The molecule has 0 saturated heterocycles. The predicted octanol–water partition coefficient (Wildman–Crippen LogP) is 3.02. The second-order valence-electron chi connectivity index (χ2n) is 6.53. The summed E-state index contributed by atoms with van der Waals surface area (Å²) in [5.74, 6) is -1.73. The molecule has 0 unspecified atom stereocenters. The lowest BCUT2D eigenvalue weighted by Crippen LogP contribution is -2.43. The molecule has 0 aliphatic heterocycles. The number of rotatable bonds is 5. The van der Waals surface area contributed by atoms with E-state index in [9.17, 15) is 18.7 Å². The summed E-state index contributed by atoms with van der Waals surface area (Å²) in [6.45, 7) is 1.24. The molecular weight excluding hydrogens is 312 g/mol. The third-order valence-electron chi connectivity index (χ3n) is 4.62. The molecule has 1 amide bonds. The van der Waals surface area contributed by atoms with Gasteiger partial charge in [-0.3, -0.25) is 4.79 Å². The number of carbonyl (C=O) groups excluding carboxylic acids is 1. The van der Waals surface area contributed by atoms with Gasteiger partial charge in [-0.05, 0) is 31.4 Å². The van der Waals surface area contributed by atoms with Crippen LogP contribution in [0.5, 0.6) is 0 Å². The van der Waals surface area contributed by atoms with Gasteiger partial charge >= 0.3 is 0 Å². The molecule has 1 aliphatic carbocycles. The second kappa shape index (κ2) is 5.98. The van der Waals surface area contributed by atoms with Gasteiger partial charge in [0, 0.05) is 11.6 Å². The van der Waals surface area contributed by atoms with E-state index in [1.165, 1.54) is 13.0 Å². The molecule has 1 atom stereocenters. The van der Waals surface area contributed by atoms with Gasteiger partial charge in [0.2, 0.25) is 5.91 Å². The van der Waals surface area contributed by atoms with Crippen LogP contribution in [0.3, 0.4) is 0 Å². The largest absolute Gasteiger partial charge is 0.383 e. The lowest BCUT2D eigenvalue weighted by atomic mass is 9.92. The zero-order valence-electron chi connectivity index (χ0n) is 13.4. The highest BCUT2D eigenvalue weighted by atomic mass is 19.1. The lowest BCUT2D eigenvalue weighted by molar-refractivity contribution is -0.124. The molecule has 24 heavy (non-hydrogen) atoms. The third kappa shape index (κ3) is 3.04. The number of hydrogen-bond donors (Lipinski definition) is 2. The fourth-order valence-corrected chi connectivity index (χ4v) is 2.97. The van der Waals surface area contributed by atoms with Gasteiger partial charge in [0.1, 0.15) is 17.2 Å². The lowest BCUT2D eigenvalue weighted by Gasteiger charge is -2.26. The minimum Gasteiger partial charge on any atom is -0.383 e. The van der Waals surface area contributed by atoms with Crippen molar-refractivity contribution in [3.63, 3.8) is 0 Å². The maximum atomic E-state index is 13.9. The normalized spacial score (nSPS) is 17.8. The maximum absolute atomic E-state index is 13.9. The van der Waals surface area contributed by atoms with Crippen molar-refractivity contribution in [1.82, 2.24) is 5.32 Å². The summed E-state index contributed by atoms with van der Waals surface area (Å²) in [5, 5.41) is 13.2. The molecule has 126 valence electrons. The van der Waals surface area contributed by atoms with Crippen LogP contribution in [0, 0.1) is 11.6 Å². The molecule has 0 bridgehead atoms. The molecule has 3 rings (SSSR count). The van der Waals surface area contributed by atoms with E-state index >= 15 is 0 Å². The fourth-order valence-electron chi connectivity index (χ4n) is 2.97. The first-order chi connectivity index (χ1) is 11.3. The molecule has 1 aliphatic rings. The highest BCUT2D eigenvalue weighted by Crippen LogP contribution is 2.48. The molecular formula is C19H19F2NO2. The van der Waals surface area contributed by atoms with Crippen molar-refractivity contribution < 1.29 is 18.7 Å². The summed E-state index contributed by atoms with van der Waals surface area (Å²) >= 11 is 0. The SMILES string of the molecule is C[C@@](O)(CNC(=O)C1(c2ccccc2)CC1)c1ccc(F)cc1F. The van der Waals surface area contributed by atoms with Crippen LogP contribution in [0.25, 0.3) is 0 Å². The molecule has 3 nitrogen and oxygen atoms in total. The van der Waals surface area contributed by atoms with Crippen molar-refractivity contribution in [2.75, 3.05) is 6.54 Å². The molecule has 0 spiro atoms. The molecule has 1 saturated carbocycles. The number of nitrogens with one attached hydrogen (secondary N) is 1. The van der Waals surface area contributed by atoms with E-state index in [1.807, 2.05) is 30.3 Å². The average molecular weight is 331 g/mol. The molecule has 0 aromatic heterocycles. The number of halogens is 2. The van der Waals surface area contributed by atoms with E-state index in [0.717, 1.165) is 30.5 Å². The van der Waals surface area contributed by atoms with Crippen molar-refractivity contribution in [1.29, 1.82) is 0 Å². The van der Waals surface area contributed by atoms with E-state index in [2.05, 4.69) is 5.32 Å². The smallest absolute Gasteiger partial charge is 0.230 e. The van der Waals surface area contributed by atoms with Crippen molar-refractivity contribution in [2.24, 2.45) is 0 Å². The van der Waals surface area contributed by atoms with Gasteiger partial charge in [-0.25, -0.2) is 8.78 Å². The van der Waals surface area contributed by atoms with Gasteiger partial charge in [-0.1, -0.05) is 36.4 Å². The van der Waals surface area contributed by atoms with Crippen molar-refractivity contribution >= 4 is 5.91 Å². The standard InChI is InChI=1S/C19H19F2NO2/c1-18(24,15-8-7-14(20)11-16(15)21)12-22-17(23)19(9-10-19)13-5-3-2-4-6-13/h2-8,11,24H,9-10,12H2,1H3,(H,22,23)/t18-/m1/s1. The van der Waals surface area contributed by atoms with Crippen LogP contribution < -0.4 is 5.32 Å². The summed E-state index contributed by atoms with van der Waals surface area (Å²) in [6.07, 6.45) is 1.49. The maximum Gasteiger partial charge on any atom is 0.230 e. The van der Waals surface area contributed by atoms with E-state index < -0.39 is 22.7 Å². The highest BCUT2D eigenvalue weighted by Gasteiger charge is 2.51. The predicted molar refractivity (Wildman–Crippen MR) is 86.3 cm³/mol. The highest BCUT2D eigenvalue weighted by molar-refractivity contribution is 5.91. The van der Waals surface area contributed by atoms with Crippen molar-refractivity contribution in [2.45, 2.75) is 30.8 Å². The van der Waals surface area contributed by atoms with Gasteiger partial charge in [0.15, 0.2) is 0 Å². The first kappa shape index (κ1) is 16.6. The minimum atomic E-state index is -1.62. The number of carbonyl (C=O) groups is 1. The first-order valence-electron chi connectivity index (χ1n) is 7.87. The first-order valence-corrected chi connectivity index (χ1v) is 7.87. The topological polar surface area (TPSA) is 49.3 Å². The Kier molecular flexibility index (Phi) is 4.13. The van der Waals surface area contributed by atoms with Gasteiger partial charge in [0.05, 0.1) is 12.0 Å². The number of amides is 1. The number of aliphatic hydroxyl groups is 1. The van der Waals surface area contributed by atoms with E-state index in [0.29, 0.717) is 0 Å². The summed E-state index contributed by atoms with van der Waals surface area (Å²) in [6, 6.07) is 12.5. The van der Waals surface area contributed by atoms with E-state index in [4.69, 9.17) is 0 Å². The zero-order chi connectivity index (χ0) is 17.4. The Hall–Kier alpha value is -2.27. The molecule has 5 heteroatoms. The van der Waals surface area contributed by atoms with Crippen LogP contribution in [0.4, 0.5) is 8.78 Å². The van der Waals surface area contributed by atoms with Crippen molar-refractivity contribution in [3.8, 4) is 0 Å². The van der Waals surface area contributed by atoms with Gasteiger partial charge in [-0.15, -0.1) is 0 Å². The van der Waals surface area contributed by atoms with Crippen LogP contribution in [-0.4, -0.2) is 17.6 Å². The minimum absolute atomic E-state index is 0.0474. The molecule has 0 radical (unpaired) electrons. The van der Waals surface area contributed by atoms with Crippen LogP contribution in [0.2, 0.25) is 0 Å². The Labute approximate surface area is 139 Å². The van der Waals surface area contributed by atoms with Crippen LogP contribution in [0.15, 0.2) is 48.5 Å². The Morgan fingerprint density at radius 1 is 1.21 bits per heavy atom. The summed E-state index contributed by atoms with van der Waals surface area (Å²) in [4.78, 5) is 12.6. The Morgan fingerprint density at radius 3 is 2.46 bits per heavy atom.